The van der Waals surface area contributed by atoms with Crippen molar-refractivity contribution < 1.29 is 0 Å². The Labute approximate surface area is 533 Å². The number of hydrogen-bond acceptors (Lipinski definition) is 3. The van der Waals surface area contributed by atoms with Crippen LogP contribution >= 0.6 is 0 Å². The van der Waals surface area contributed by atoms with Gasteiger partial charge in [0, 0.05) is 38.9 Å². The number of benzene rings is 13. The van der Waals surface area contributed by atoms with Crippen molar-refractivity contribution in [2.24, 2.45) is 0 Å². The first kappa shape index (κ1) is 53.3. The molecule has 0 N–H and O–H groups in total. The Morgan fingerprint density at radius 2 is 0.620 bits per heavy atom. The third kappa shape index (κ3) is 8.09. The fraction of sp³-hybridized carbons (Fsp3) is 0. The molecule has 0 unspecified atom stereocenters. The van der Waals surface area contributed by atoms with Crippen LogP contribution in [0, 0.1) is 0 Å². The van der Waals surface area contributed by atoms with Gasteiger partial charge >= 0.3 is 0 Å². The topological polar surface area (TPSA) is 57.9 Å². The van der Waals surface area contributed by atoms with Crippen LogP contribution in [-0.2, 0) is 0 Å². The lowest BCUT2D eigenvalue weighted by atomic mass is 10.1. The molecule has 0 aliphatic rings. The van der Waals surface area contributed by atoms with Gasteiger partial charge in [0.25, 0.3) is 0 Å². The molecule has 0 aliphatic heterocycles. The minimum atomic E-state index is -2.92. The summed E-state index contributed by atoms with van der Waals surface area (Å²) in [4.78, 5) is 17.2. The van der Waals surface area contributed by atoms with Crippen molar-refractivity contribution >= 4 is 129 Å². The van der Waals surface area contributed by atoms with Gasteiger partial charge in [-0.3, -0.25) is 13.5 Å². The fourth-order valence-electron chi connectivity index (χ4n) is 15.2. The molecular weight excluding hydrogens is 1150 g/mol. The van der Waals surface area contributed by atoms with Crippen molar-refractivity contribution in [3.8, 4) is 28.7 Å². The first-order valence-electron chi connectivity index (χ1n) is 31.4. The lowest BCUT2D eigenvalue weighted by Crippen LogP contribution is -2.74. The molecule has 0 amide bonds. The average molecular weight is 1210 g/mol. The van der Waals surface area contributed by atoms with Gasteiger partial charge in [-0.25, -0.2) is 15.0 Å². The zero-order valence-corrected chi connectivity index (χ0v) is 52.0. The zero-order chi connectivity index (χ0) is 60.7. The maximum absolute atomic E-state index is 5.76. The van der Waals surface area contributed by atoms with Gasteiger partial charge in [-0.1, -0.05) is 279 Å². The van der Waals surface area contributed by atoms with E-state index >= 15 is 0 Å². The Kier molecular flexibility index (Phi) is 12.4. The molecular formula is C83H57N7Si2. The minimum Gasteiger partial charge on any atom is -0.309 e. The second-order valence-electron chi connectivity index (χ2n) is 23.9. The van der Waals surface area contributed by atoms with E-state index in [4.69, 9.17) is 15.0 Å². The largest absolute Gasteiger partial charge is 0.309 e. The van der Waals surface area contributed by atoms with E-state index < -0.39 is 16.1 Å². The van der Waals surface area contributed by atoms with E-state index in [1.54, 1.807) is 0 Å². The molecule has 0 saturated heterocycles. The van der Waals surface area contributed by atoms with E-state index in [1.165, 1.54) is 52.3 Å². The van der Waals surface area contributed by atoms with Crippen LogP contribution in [0.5, 0.6) is 0 Å². The van der Waals surface area contributed by atoms with Crippen LogP contribution in [-0.4, -0.2) is 49.2 Å². The molecule has 7 nitrogen and oxygen atoms in total. The van der Waals surface area contributed by atoms with E-state index in [2.05, 4.69) is 364 Å². The summed E-state index contributed by atoms with van der Waals surface area (Å²) in [5.41, 5.74) is 10.2. The van der Waals surface area contributed by atoms with E-state index in [0.29, 0.717) is 11.6 Å². The molecule has 0 fully saturated rings. The van der Waals surface area contributed by atoms with E-state index in [-0.39, 0.29) is 0 Å². The van der Waals surface area contributed by atoms with Crippen LogP contribution in [0.3, 0.4) is 0 Å². The average Bonchev–Trinajstić information content (AvgIpc) is 1.28. The van der Waals surface area contributed by atoms with Gasteiger partial charge in [-0.05, 0) is 102 Å². The minimum absolute atomic E-state index is 0.588. The quantitative estimate of drug-likeness (QED) is 0.0905. The summed E-state index contributed by atoms with van der Waals surface area (Å²) >= 11 is 0. The monoisotopic (exact) mass is 1210 g/mol. The number of para-hydroxylation sites is 5. The summed E-state index contributed by atoms with van der Waals surface area (Å²) in [5, 5.41) is 15.2. The van der Waals surface area contributed by atoms with Crippen molar-refractivity contribution in [3.63, 3.8) is 0 Å². The first-order valence-corrected chi connectivity index (χ1v) is 35.4. The summed E-state index contributed by atoms with van der Waals surface area (Å²) in [6.07, 6.45) is 0. The fourth-order valence-corrected chi connectivity index (χ4v) is 24.7. The van der Waals surface area contributed by atoms with Gasteiger partial charge < -0.3 is 4.57 Å². The Hall–Kier alpha value is -11.8. The predicted molar refractivity (Wildman–Crippen MR) is 386 cm³/mol. The van der Waals surface area contributed by atoms with Crippen LogP contribution in [0.25, 0.3) is 100 Å². The van der Waals surface area contributed by atoms with Gasteiger partial charge in [-0.2, -0.15) is 0 Å². The number of fused-ring (bicyclic) bond motifs is 11. The van der Waals surface area contributed by atoms with Crippen LogP contribution in [0.4, 0.5) is 0 Å². The lowest BCUT2D eigenvalue weighted by molar-refractivity contribution is 0.980. The number of aromatic nitrogens is 7. The molecule has 432 valence electrons. The van der Waals surface area contributed by atoms with E-state index in [0.717, 1.165) is 77.8 Å². The molecule has 0 bridgehead atoms. The third-order valence-corrected chi connectivity index (χ3v) is 28.6. The standard InChI is InChI=1S/C83H57N7Si2/c1-7-30-60(31-8-1)91(61-32-9-2-10-33-61,62-34-11-3-12-35-62)66-51-53-76-71(55-66)70-44-21-24-47-75(70)88(76)80-57-81(86-82(85-80)58-28-27-29-59(54-58)87-73-45-22-19-42-68(73)69-43-20-23-46-74(69)87)90-78-49-26-25-48-77(78)89-79-56-67(50-52-72(79)84-83(89)90)92(63-36-13-4-14-37-63,64-38-15-5-16-39-64)65-40-17-6-18-41-65/h1-57H. The van der Waals surface area contributed by atoms with Crippen molar-refractivity contribution in [1.29, 1.82) is 0 Å². The molecule has 0 radical (unpaired) electrons. The number of nitrogens with zero attached hydrogens (tertiary/aromatic N) is 7. The van der Waals surface area contributed by atoms with E-state index in [1.807, 2.05) is 0 Å². The molecule has 92 heavy (non-hydrogen) atoms. The normalized spacial score (nSPS) is 12.1. The molecule has 0 aliphatic carbocycles. The van der Waals surface area contributed by atoms with E-state index in [9.17, 15) is 0 Å². The molecule has 0 atom stereocenters. The highest BCUT2D eigenvalue weighted by atomic mass is 28.3. The van der Waals surface area contributed by atoms with Crippen molar-refractivity contribution in [2.75, 3.05) is 0 Å². The summed E-state index contributed by atoms with van der Waals surface area (Å²) in [6, 6.07) is 127. The Morgan fingerprint density at radius 1 is 0.228 bits per heavy atom. The molecule has 9 heteroatoms. The highest BCUT2D eigenvalue weighted by Crippen LogP contribution is 2.37. The van der Waals surface area contributed by atoms with Crippen molar-refractivity contribution in [3.05, 3.63) is 346 Å². The maximum Gasteiger partial charge on any atom is 0.221 e. The molecule has 0 saturated carbocycles. The Morgan fingerprint density at radius 3 is 1.12 bits per heavy atom. The summed E-state index contributed by atoms with van der Waals surface area (Å²) in [5.74, 6) is 2.78. The Bertz CT molecular complexity index is 5580. The van der Waals surface area contributed by atoms with Crippen LogP contribution in [0.2, 0.25) is 0 Å². The van der Waals surface area contributed by atoms with Crippen LogP contribution in [0.15, 0.2) is 346 Å². The number of hydrogen-bond donors (Lipinski definition) is 0. The maximum atomic E-state index is 5.76. The van der Waals surface area contributed by atoms with Crippen LogP contribution < -0.4 is 41.5 Å². The highest BCUT2D eigenvalue weighted by molar-refractivity contribution is 7.20. The second-order valence-corrected chi connectivity index (χ2v) is 31.5. The predicted octanol–water partition coefficient (Wildman–Crippen LogP) is 13.8. The molecule has 5 aromatic heterocycles. The molecule has 5 heterocycles. The number of rotatable bonds is 12. The SMILES string of the molecule is c1ccc([Si](c2ccccc2)(c2ccccc2)c2ccc3c(c2)c2ccccc2n3-c2cc(-n3c4ccccc4n4c5cc([Si](c6ccccc6)(c6ccccc6)c6ccccc6)ccc5nc34)nc(-c3cccc(-n4c5ccccc5c5ccccc54)c3)n2)cc1. The highest BCUT2D eigenvalue weighted by Gasteiger charge is 2.43. The third-order valence-electron chi connectivity index (χ3n) is 19.1. The van der Waals surface area contributed by atoms with Crippen LogP contribution in [0.1, 0.15) is 0 Å². The van der Waals surface area contributed by atoms with Gasteiger partial charge in [0.2, 0.25) is 5.78 Å². The second kappa shape index (κ2) is 21.5. The molecule has 18 rings (SSSR count). The molecule has 18 aromatic rings. The molecule has 13 aromatic carbocycles. The summed E-state index contributed by atoms with van der Waals surface area (Å²) in [6.45, 7) is 0. The van der Waals surface area contributed by atoms with Gasteiger partial charge in [0.15, 0.2) is 22.0 Å². The smallest absolute Gasteiger partial charge is 0.221 e. The van der Waals surface area contributed by atoms with Gasteiger partial charge in [-0.15, -0.1) is 0 Å². The lowest BCUT2D eigenvalue weighted by Gasteiger charge is -2.34. The van der Waals surface area contributed by atoms with Crippen molar-refractivity contribution in [2.45, 2.75) is 0 Å². The van der Waals surface area contributed by atoms with Crippen molar-refractivity contribution in [1.82, 2.24) is 33.1 Å². The summed E-state index contributed by atoms with van der Waals surface area (Å²) < 4.78 is 9.32. The Balaban J connectivity index is 0.901. The molecule has 0 spiro atoms. The summed E-state index contributed by atoms with van der Waals surface area (Å²) in [7, 11) is -5.84. The van der Waals surface area contributed by atoms with Gasteiger partial charge in [0.1, 0.15) is 11.6 Å². The first-order chi connectivity index (χ1) is 45.6. The van der Waals surface area contributed by atoms with Gasteiger partial charge in [0.05, 0.1) is 44.1 Å². The number of imidazole rings is 2. The zero-order valence-electron chi connectivity index (χ0n) is 50.0.